The molecule has 0 saturated heterocycles. The van der Waals surface area contributed by atoms with Crippen molar-refractivity contribution in [2.75, 3.05) is 0 Å². The fourth-order valence-electron chi connectivity index (χ4n) is 1.99. The van der Waals surface area contributed by atoms with Crippen molar-refractivity contribution in [3.63, 3.8) is 0 Å². The van der Waals surface area contributed by atoms with Gasteiger partial charge in [-0.1, -0.05) is 11.6 Å². The topological polar surface area (TPSA) is 50.2 Å². The smallest absolute Gasteiger partial charge is 0.316 e. The Labute approximate surface area is 95.1 Å². The lowest BCUT2D eigenvalue weighted by molar-refractivity contribution is -0.174. The van der Waals surface area contributed by atoms with Gasteiger partial charge < -0.3 is 5.11 Å². The third-order valence-corrected chi connectivity index (χ3v) is 3.05. The van der Waals surface area contributed by atoms with Crippen LogP contribution in [0.4, 0.5) is 8.78 Å². The van der Waals surface area contributed by atoms with Gasteiger partial charge in [-0.15, -0.1) is 0 Å². The Morgan fingerprint density at radius 2 is 2.12 bits per heavy atom. The van der Waals surface area contributed by atoms with Crippen molar-refractivity contribution in [3.8, 4) is 0 Å². The normalized spacial score (nSPS) is 21.2. The van der Waals surface area contributed by atoms with E-state index in [0.717, 1.165) is 0 Å². The zero-order valence-corrected chi connectivity index (χ0v) is 8.84. The molecule has 0 atom stereocenters. The number of pyridine rings is 1. The largest absolute Gasteiger partial charge is 0.481 e. The Morgan fingerprint density at radius 3 is 2.56 bits per heavy atom. The third kappa shape index (κ3) is 1.55. The molecule has 1 aliphatic rings. The van der Waals surface area contributed by atoms with E-state index in [1.807, 2.05) is 0 Å². The number of hydrogen-bond acceptors (Lipinski definition) is 2. The van der Waals surface area contributed by atoms with Crippen LogP contribution in [0.15, 0.2) is 18.3 Å². The number of rotatable bonds is 2. The number of halogens is 3. The highest BCUT2D eigenvalue weighted by Gasteiger charge is 2.63. The molecular formula is C10H8ClF2NO2. The highest BCUT2D eigenvalue weighted by Crippen LogP contribution is 2.54. The molecule has 0 aliphatic heterocycles. The van der Waals surface area contributed by atoms with Gasteiger partial charge in [-0.25, -0.2) is 8.78 Å². The number of carboxylic acids is 1. The van der Waals surface area contributed by atoms with Gasteiger partial charge in [0.25, 0.3) is 5.92 Å². The van der Waals surface area contributed by atoms with Crippen LogP contribution in [0.5, 0.6) is 0 Å². The minimum Gasteiger partial charge on any atom is -0.481 e. The highest BCUT2D eigenvalue weighted by molar-refractivity contribution is 6.31. The van der Waals surface area contributed by atoms with Crippen LogP contribution in [0.1, 0.15) is 18.5 Å². The molecule has 1 saturated carbocycles. The van der Waals surface area contributed by atoms with Crippen LogP contribution >= 0.6 is 11.6 Å². The Kier molecular flexibility index (Phi) is 2.38. The van der Waals surface area contributed by atoms with Crippen molar-refractivity contribution in [1.29, 1.82) is 0 Å². The predicted molar refractivity (Wildman–Crippen MR) is 52.7 cm³/mol. The van der Waals surface area contributed by atoms with Crippen LogP contribution in [0.3, 0.4) is 0 Å². The van der Waals surface area contributed by atoms with E-state index >= 15 is 0 Å². The Bertz CT molecular complexity index is 442. The lowest BCUT2D eigenvalue weighted by Crippen LogP contribution is -2.55. The summed E-state index contributed by atoms with van der Waals surface area (Å²) in [5.41, 5.74) is -1.61. The molecule has 1 heterocycles. The van der Waals surface area contributed by atoms with Crippen molar-refractivity contribution in [1.82, 2.24) is 4.98 Å². The summed E-state index contributed by atoms with van der Waals surface area (Å²) in [4.78, 5) is 14.9. The quantitative estimate of drug-likeness (QED) is 0.874. The second-order valence-electron chi connectivity index (χ2n) is 3.93. The van der Waals surface area contributed by atoms with Crippen molar-refractivity contribution < 1.29 is 18.7 Å². The summed E-state index contributed by atoms with van der Waals surface area (Å²) < 4.78 is 25.8. The van der Waals surface area contributed by atoms with Crippen molar-refractivity contribution in [3.05, 3.63) is 29.0 Å². The van der Waals surface area contributed by atoms with Crippen LogP contribution in [0.25, 0.3) is 0 Å². The number of alkyl halides is 2. The average molecular weight is 248 g/mol. The van der Waals surface area contributed by atoms with Gasteiger partial charge >= 0.3 is 5.97 Å². The van der Waals surface area contributed by atoms with E-state index in [9.17, 15) is 13.6 Å². The molecule has 0 unspecified atom stereocenters. The molecule has 86 valence electrons. The van der Waals surface area contributed by atoms with Gasteiger partial charge in [-0.2, -0.15) is 0 Å². The monoisotopic (exact) mass is 247 g/mol. The maximum absolute atomic E-state index is 12.9. The summed E-state index contributed by atoms with van der Waals surface area (Å²) in [5.74, 6) is -4.25. The predicted octanol–water partition coefficient (Wildman–Crippen LogP) is 2.49. The number of carboxylic acid groups (broad SMARTS) is 1. The fourth-order valence-corrected chi connectivity index (χ4v) is 2.29. The van der Waals surface area contributed by atoms with Crippen LogP contribution in [-0.2, 0) is 10.2 Å². The van der Waals surface area contributed by atoms with Gasteiger partial charge in [0.1, 0.15) is 5.41 Å². The lowest BCUT2D eigenvalue weighted by atomic mass is 9.64. The van der Waals surface area contributed by atoms with Crippen LogP contribution in [0.2, 0.25) is 5.02 Å². The Hall–Kier alpha value is -1.23. The fraction of sp³-hybridized carbons (Fsp3) is 0.400. The second kappa shape index (κ2) is 3.38. The van der Waals surface area contributed by atoms with E-state index in [1.54, 1.807) is 0 Å². The van der Waals surface area contributed by atoms with Gasteiger partial charge in [0.15, 0.2) is 0 Å². The van der Waals surface area contributed by atoms with E-state index in [2.05, 4.69) is 4.98 Å². The molecule has 1 aliphatic carbocycles. The zero-order valence-electron chi connectivity index (χ0n) is 8.08. The van der Waals surface area contributed by atoms with Crippen LogP contribution in [0, 0.1) is 0 Å². The van der Waals surface area contributed by atoms with E-state index in [4.69, 9.17) is 16.7 Å². The number of aliphatic carboxylic acids is 1. The first-order chi connectivity index (χ1) is 7.37. The number of aromatic nitrogens is 1. The molecule has 2 rings (SSSR count). The van der Waals surface area contributed by atoms with E-state index in [1.165, 1.54) is 18.3 Å². The molecule has 1 aromatic heterocycles. The maximum atomic E-state index is 12.9. The first-order valence-corrected chi connectivity index (χ1v) is 4.97. The SMILES string of the molecule is O=C(O)C1(c2ncccc2Cl)CC(F)(F)C1. The lowest BCUT2D eigenvalue weighted by Gasteiger charge is -2.43. The summed E-state index contributed by atoms with van der Waals surface area (Å²) in [5, 5.41) is 9.17. The van der Waals surface area contributed by atoms with Gasteiger partial charge in [0.05, 0.1) is 10.7 Å². The minimum atomic E-state index is -2.95. The van der Waals surface area contributed by atoms with Crippen molar-refractivity contribution in [2.45, 2.75) is 24.2 Å². The van der Waals surface area contributed by atoms with Gasteiger partial charge in [-0.3, -0.25) is 9.78 Å². The van der Waals surface area contributed by atoms with Crippen molar-refractivity contribution in [2.24, 2.45) is 0 Å². The molecular weight excluding hydrogens is 240 g/mol. The molecule has 3 nitrogen and oxygen atoms in total. The van der Waals surface area contributed by atoms with E-state index in [0.29, 0.717) is 0 Å². The number of nitrogens with zero attached hydrogens (tertiary/aromatic N) is 1. The summed E-state index contributed by atoms with van der Waals surface area (Å²) in [6.07, 6.45) is -0.138. The first-order valence-electron chi connectivity index (χ1n) is 4.60. The Morgan fingerprint density at radius 1 is 1.50 bits per heavy atom. The molecule has 1 fully saturated rings. The third-order valence-electron chi connectivity index (χ3n) is 2.74. The Balaban J connectivity index is 2.44. The maximum Gasteiger partial charge on any atom is 0.316 e. The molecule has 16 heavy (non-hydrogen) atoms. The molecule has 0 bridgehead atoms. The van der Waals surface area contributed by atoms with E-state index < -0.39 is 30.1 Å². The summed E-state index contributed by atoms with van der Waals surface area (Å²) >= 11 is 5.79. The van der Waals surface area contributed by atoms with E-state index in [-0.39, 0.29) is 10.7 Å². The zero-order chi connectivity index (χ0) is 12.0. The molecule has 0 spiro atoms. The minimum absolute atomic E-state index is 0.0232. The van der Waals surface area contributed by atoms with Crippen LogP contribution < -0.4 is 0 Å². The molecule has 0 amide bonds. The van der Waals surface area contributed by atoms with Crippen molar-refractivity contribution >= 4 is 17.6 Å². The van der Waals surface area contributed by atoms with Gasteiger partial charge in [-0.05, 0) is 12.1 Å². The molecule has 0 radical (unpaired) electrons. The second-order valence-corrected chi connectivity index (χ2v) is 4.34. The summed E-state index contributed by atoms with van der Waals surface area (Å²) in [7, 11) is 0. The first kappa shape index (κ1) is 11.3. The molecule has 1 N–H and O–H groups in total. The average Bonchev–Trinajstić information content (AvgIpc) is 2.14. The molecule has 0 aromatic carbocycles. The van der Waals surface area contributed by atoms with Crippen LogP contribution in [-0.4, -0.2) is 22.0 Å². The standard InChI is InChI=1S/C10H8ClF2NO2/c11-6-2-1-3-14-7(6)9(8(15)16)4-10(12,13)5-9/h1-3H,4-5H2,(H,15,16). The van der Waals surface area contributed by atoms with Gasteiger partial charge in [0.2, 0.25) is 0 Å². The summed E-state index contributed by atoms with van der Waals surface area (Å²) in [6, 6.07) is 2.98. The number of carbonyl (C=O) groups is 1. The molecule has 6 heteroatoms. The summed E-state index contributed by atoms with van der Waals surface area (Å²) in [6.45, 7) is 0. The number of hydrogen-bond donors (Lipinski definition) is 1. The highest BCUT2D eigenvalue weighted by atomic mass is 35.5. The van der Waals surface area contributed by atoms with Gasteiger partial charge in [0, 0.05) is 19.0 Å². The molecule has 1 aromatic rings.